The molecule has 2 rings (SSSR count). The molecular weight excluding hydrogens is 358 g/mol. The molecule has 0 aliphatic carbocycles. The first-order valence-electron chi connectivity index (χ1n) is 8.22. The summed E-state index contributed by atoms with van der Waals surface area (Å²) in [4.78, 5) is 16.2. The molecular formula is C17H23N3O3S2. The molecule has 0 bridgehead atoms. The molecule has 0 aliphatic heterocycles. The van der Waals surface area contributed by atoms with Crippen molar-refractivity contribution in [2.45, 2.75) is 31.9 Å². The number of nitrogens with one attached hydrogen (secondary N) is 1. The van der Waals surface area contributed by atoms with Gasteiger partial charge in [0.15, 0.2) is 5.13 Å². The number of aromatic nitrogens is 1. The quantitative estimate of drug-likeness (QED) is 0.641. The smallest absolute Gasteiger partial charge is 0.241 e. The van der Waals surface area contributed by atoms with Crippen molar-refractivity contribution in [3.8, 4) is 0 Å². The lowest BCUT2D eigenvalue weighted by Gasteiger charge is -2.21. The topological polar surface area (TPSA) is 79.4 Å². The van der Waals surface area contributed by atoms with E-state index in [0.717, 1.165) is 19.3 Å². The number of carbonyl (C=O) groups is 1. The van der Waals surface area contributed by atoms with Crippen LogP contribution in [0.5, 0.6) is 0 Å². The summed E-state index contributed by atoms with van der Waals surface area (Å²) in [6.07, 6.45) is 4.23. The first-order chi connectivity index (χ1) is 12.0. The van der Waals surface area contributed by atoms with E-state index >= 15 is 0 Å². The zero-order valence-corrected chi connectivity index (χ0v) is 15.9. The van der Waals surface area contributed by atoms with Crippen molar-refractivity contribution in [2.24, 2.45) is 0 Å². The number of benzene rings is 1. The van der Waals surface area contributed by atoms with E-state index in [0.29, 0.717) is 17.2 Å². The number of carbonyl (C=O) groups excluding carboxylic acids is 1. The van der Waals surface area contributed by atoms with Gasteiger partial charge in [-0.05, 0) is 12.0 Å². The number of hydrogen-bond donors (Lipinski definition) is 1. The predicted octanol–water partition coefficient (Wildman–Crippen LogP) is 3.10. The summed E-state index contributed by atoms with van der Waals surface area (Å²) < 4.78 is 26.8. The van der Waals surface area contributed by atoms with E-state index in [9.17, 15) is 13.2 Å². The van der Waals surface area contributed by atoms with Gasteiger partial charge in [0.25, 0.3) is 0 Å². The maximum absolute atomic E-state index is 12.8. The van der Waals surface area contributed by atoms with Gasteiger partial charge in [0.1, 0.15) is 0 Å². The fourth-order valence-electron chi connectivity index (χ4n) is 2.33. The summed E-state index contributed by atoms with van der Waals surface area (Å²) in [5.74, 6) is -0.479. The highest BCUT2D eigenvalue weighted by Crippen LogP contribution is 2.14. The number of thiazole rings is 1. The highest BCUT2D eigenvalue weighted by atomic mass is 32.2. The van der Waals surface area contributed by atoms with Gasteiger partial charge in [-0.2, -0.15) is 4.31 Å². The van der Waals surface area contributed by atoms with Gasteiger partial charge in [0.2, 0.25) is 15.9 Å². The predicted molar refractivity (Wildman–Crippen MR) is 101 cm³/mol. The standard InChI is InChI=1S/C17H23N3O3S2/c1-2-3-7-11-20(13-16(21)19-17-18-10-12-24-17)25(22,23)14-15-8-5-4-6-9-15/h4-6,8-10,12H,2-3,7,11,13-14H2,1H3,(H,18,19,21). The van der Waals surface area contributed by atoms with Crippen LogP contribution in [0.3, 0.4) is 0 Å². The van der Waals surface area contributed by atoms with E-state index < -0.39 is 10.0 Å². The Labute approximate surface area is 153 Å². The number of sulfonamides is 1. The van der Waals surface area contributed by atoms with Gasteiger partial charge in [0.05, 0.1) is 12.3 Å². The maximum Gasteiger partial charge on any atom is 0.241 e. The Morgan fingerprint density at radius 2 is 2.00 bits per heavy atom. The van der Waals surface area contributed by atoms with Crippen LogP contribution in [0.4, 0.5) is 5.13 Å². The first kappa shape index (κ1) is 19.6. The molecule has 0 saturated carbocycles. The Morgan fingerprint density at radius 1 is 1.24 bits per heavy atom. The van der Waals surface area contributed by atoms with Crippen molar-refractivity contribution in [3.05, 3.63) is 47.5 Å². The van der Waals surface area contributed by atoms with Crippen LogP contribution in [0, 0.1) is 0 Å². The zero-order valence-electron chi connectivity index (χ0n) is 14.2. The van der Waals surface area contributed by atoms with Crippen molar-refractivity contribution >= 4 is 32.4 Å². The molecule has 0 saturated heterocycles. The molecule has 0 aliphatic rings. The summed E-state index contributed by atoms with van der Waals surface area (Å²) >= 11 is 1.30. The lowest BCUT2D eigenvalue weighted by atomic mass is 10.2. The fourth-order valence-corrected chi connectivity index (χ4v) is 4.40. The third-order valence-electron chi connectivity index (χ3n) is 3.59. The lowest BCUT2D eigenvalue weighted by Crippen LogP contribution is -2.39. The second-order valence-corrected chi connectivity index (χ2v) is 8.53. The molecule has 0 atom stereocenters. The Bertz CT molecular complexity index is 747. The first-order valence-corrected chi connectivity index (χ1v) is 10.7. The van der Waals surface area contributed by atoms with Gasteiger partial charge in [-0.1, -0.05) is 50.1 Å². The van der Waals surface area contributed by atoms with Gasteiger partial charge in [0, 0.05) is 18.1 Å². The van der Waals surface area contributed by atoms with Gasteiger partial charge < -0.3 is 5.32 Å². The Morgan fingerprint density at radius 3 is 2.64 bits per heavy atom. The minimum absolute atomic E-state index is 0.107. The number of nitrogens with zero attached hydrogens (tertiary/aromatic N) is 2. The van der Waals surface area contributed by atoms with Crippen LogP contribution in [0.2, 0.25) is 0 Å². The highest BCUT2D eigenvalue weighted by molar-refractivity contribution is 7.88. The van der Waals surface area contributed by atoms with E-state index in [-0.39, 0.29) is 18.2 Å². The molecule has 25 heavy (non-hydrogen) atoms. The molecule has 1 amide bonds. The molecule has 2 aromatic rings. The molecule has 0 fully saturated rings. The van der Waals surface area contributed by atoms with Crippen molar-refractivity contribution in [3.63, 3.8) is 0 Å². The molecule has 8 heteroatoms. The van der Waals surface area contributed by atoms with Gasteiger partial charge in [-0.15, -0.1) is 11.3 Å². The summed E-state index contributed by atoms with van der Waals surface area (Å²) in [6, 6.07) is 9.01. The van der Waals surface area contributed by atoms with Crippen LogP contribution in [0.1, 0.15) is 31.7 Å². The monoisotopic (exact) mass is 381 g/mol. The number of unbranched alkanes of at least 4 members (excludes halogenated alkanes) is 2. The van der Waals surface area contributed by atoms with Crippen LogP contribution in [0.25, 0.3) is 0 Å². The summed E-state index contributed by atoms with van der Waals surface area (Å²) in [5, 5.41) is 4.86. The molecule has 136 valence electrons. The van der Waals surface area contributed by atoms with E-state index in [1.807, 2.05) is 6.07 Å². The molecule has 6 nitrogen and oxygen atoms in total. The van der Waals surface area contributed by atoms with Crippen molar-refractivity contribution in [2.75, 3.05) is 18.4 Å². The Hall–Kier alpha value is -1.77. The second-order valence-electron chi connectivity index (χ2n) is 5.67. The van der Waals surface area contributed by atoms with Crippen molar-refractivity contribution < 1.29 is 13.2 Å². The SMILES string of the molecule is CCCCCN(CC(=O)Nc1nccs1)S(=O)(=O)Cc1ccccc1. The van der Waals surface area contributed by atoms with Gasteiger partial charge in [-0.3, -0.25) is 4.79 Å². The minimum Gasteiger partial charge on any atom is -0.301 e. The number of anilines is 1. The Balaban J connectivity index is 2.06. The number of hydrogen-bond acceptors (Lipinski definition) is 5. The molecule has 0 radical (unpaired) electrons. The van der Waals surface area contributed by atoms with E-state index in [1.165, 1.54) is 15.6 Å². The number of amides is 1. The van der Waals surface area contributed by atoms with Crippen LogP contribution in [-0.4, -0.2) is 36.7 Å². The fraction of sp³-hybridized carbons (Fsp3) is 0.412. The molecule has 0 spiro atoms. The lowest BCUT2D eigenvalue weighted by molar-refractivity contribution is -0.116. The maximum atomic E-state index is 12.8. The Kier molecular flexibility index (Phi) is 7.54. The van der Waals surface area contributed by atoms with E-state index in [1.54, 1.807) is 35.8 Å². The molecule has 1 N–H and O–H groups in total. The van der Waals surface area contributed by atoms with Crippen LogP contribution < -0.4 is 5.32 Å². The largest absolute Gasteiger partial charge is 0.301 e. The van der Waals surface area contributed by atoms with Crippen LogP contribution >= 0.6 is 11.3 Å². The van der Waals surface area contributed by atoms with E-state index in [2.05, 4.69) is 17.2 Å². The molecule has 1 aromatic carbocycles. The minimum atomic E-state index is -3.57. The van der Waals surface area contributed by atoms with Crippen molar-refractivity contribution in [1.29, 1.82) is 0 Å². The normalized spacial score (nSPS) is 11.6. The summed E-state index contributed by atoms with van der Waals surface area (Å²) in [7, 11) is -3.57. The highest BCUT2D eigenvalue weighted by Gasteiger charge is 2.24. The zero-order chi connectivity index (χ0) is 18.1. The molecule has 1 aromatic heterocycles. The third kappa shape index (κ3) is 6.56. The number of rotatable bonds is 10. The van der Waals surface area contributed by atoms with Gasteiger partial charge in [-0.25, -0.2) is 13.4 Å². The average molecular weight is 382 g/mol. The second kappa shape index (κ2) is 9.65. The van der Waals surface area contributed by atoms with Gasteiger partial charge >= 0.3 is 0 Å². The summed E-state index contributed by atoms with van der Waals surface area (Å²) in [5.41, 5.74) is 0.711. The van der Waals surface area contributed by atoms with Crippen LogP contribution in [0.15, 0.2) is 41.9 Å². The molecule has 1 heterocycles. The van der Waals surface area contributed by atoms with Crippen molar-refractivity contribution in [1.82, 2.24) is 9.29 Å². The average Bonchev–Trinajstić information content (AvgIpc) is 3.07. The third-order valence-corrected chi connectivity index (χ3v) is 6.08. The van der Waals surface area contributed by atoms with Crippen LogP contribution in [-0.2, 0) is 20.6 Å². The van der Waals surface area contributed by atoms with E-state index in [4.69, 9.17) is 0 Å². The molecule has 0 unspecified atom stereocenters. The summed E-state index contributed by atoms with van der Waals surface area (Å²) in [6.45, 7) is 2.20.